The van der Waals surface area contributed by atoms with E-state index in [1.54, 1.807) is 0 Å². The topological polar surface area (TPSA) is 38.2 Å². The average molecular weight is 234 g/mol. The van der Waals surface area contributed by atoms with Crippen LogP contribution < -0.4 is 4.90 Å². The number of ether oxygens (including phenoxy) is 1. The summed E-state index contributed by atoms with van der Waals surface area (Å²) in [5.74, 6) is 0.763. The van der Waals surface area contributed by atoms with Crippen LogP contribution in [0.5, 0.6) is 0 Å². The second kappa shape index (κ2) is 4.00. The Morgan fingerprint density at radius 3 is 2.86 bits per heavy atom. The normalized spacial score (nSPS) is 26.8. The molecule has 0 saturated carbocycles. The van der Waals surface area contributed by atoms with Crippen LogP contribution in [0, 0.1) is 0 Å². The lowest BCUT2D eigenvalue weighted by molar-refractivity contribution is 0.118. The lowest BCUT2D eigenvalue weighted by Gasteiger charge is -2.26. The molecule has 0 radical (unpaired) electrons. The highest BCUT2D eigenvalue weighted by Gasteiger charge is 2.30. The molecule has 0 spiro atoms. The van der Waals surface area contributed by atoms with Crippen molar-refractivity contribution in [3.8, 4) is 0 Å². The number of hydrogen-bond acceptors (Lipinski definition) is 5. The Bertz CT molecular complexity index is 319. The summed E-state index contributed by atoms with van der Waals surface area (Å²) in [5, 5.41) is 0.483. The van der Waals surface area contributed by atoms with Gasteiger partial charge in [-0.3, -0.25) is 0 Å². The maximum atomic E-state index is 5.92. The van der Waals surface area contributed by atoms with Crippen LogP contribution >= 0.6 is 23.3 Å². The molecule has 2 rings (SSSR count). The van der Waals surface area contributed by atoms with Crippen LogP contribution in [0.25, 0.3) is 0 Å². The summed E-state index contributed by atoms with van der Waals surface area (Å²) in [6.07, 6.45) is 1.25. The van der Waals surface area contributed by atoms with E-state index in [2.05, 4.69) is 20.6 Å². The minimum absolute atomic E-state index is 0.234. The van der Waals surface area contributed by atoms with Gasteiger partial charge in [0, 0.05) is 13.7 Å². The van der Waals surface area contributed by atoms with Gasteiger partial charge in [-0.1, -0.05) is 11.6 Å². The van der Waals surface area contributed by atoms with Gasteiger partial charge >= 0.3 is 0 Å². The van der Waals surface area contributed by atoms with Crippen LogP contribution in [0.2, 0.25) is 5.15 Å². The molecule has 2 unspecified atom stereocenters. The van der Waals surface area contributed by atoms with Crippen LogP contribution in [0.4, 0.5) is 5.82 Å². The highest BCUT2D eigenvalue weighted by molar-refractivity contribution is 6.99. The Morgan fingerprint density at radius 1 is 1.57 bits per heavy atom. The highest BCUT2D eigenvalue weighted by atomic mass is 35.5. The van der Waals surface area contributed by atoms with Crippen molar-refractivity contribution in [2.45, 2.75) is 25.5 Å². The Balaban J connectivity index is 2.15. The van der Waals surface area contributed by atoms with E-state index in [9.17, 15) is 0 Å². The summed E-state index contributed by atoms with van der Waals surface area (Å²) in [6, 6.07) is 0.358. The summed E-state index contributed by atoms with van der Waals surface area (Å²) in [6.45, 7) is 2.88. The first-order chi connectivity index (χ1) is 6.70. The maximum Gasteiger partial charge on any atom is 0.187 e. The largest absolute Gasteiger partial charge is 0.376 e. The third-order valence-electron chi connectivity index (χ3n) is 2.60. The second-order valence-electron chi connectivity index (χ2n) is 3.42. The number of aromatic nitrogens is 2. The van der Waals surface area contributed by atoms with E-state index in [1.807, 2.05) is 7.05 Å². The molecular weight excluding hydrogens is 222 g/mol. The zero-order valence-corrected chi connectivity index (χ0v) is 9.68. The van der Waals surface area contributed by atoms with Gasteiger partial charge in [-0.05, 0) is 13.3 Å². The SMILES string of the molecule is CC1OCCC1N(C)c1nsnc1Cl. The average Bonchev–Trinajstić information content (AvgIpc) is 2.73. The van der Waals surface area contributed by atoms with Gasteiger partial charge in [-0.15, -0.1) is 0 Å². The zero-order chi connectivity index (χ0) is 10.1. The number of rotatable bonds is 2. The second-order valence-corrected chi connectivity index (χ2v) is 4.31. The van der Waals surface area contributed by atoms with Gasteiger partial charge in [0.2, 0.25) is 0 Å². The molecule has 0 aromatic carbocycles. The molecule has 6 heteroatoms. The highest BCUT2D eigenvalue weighted by Crippen LogP contribution is 2.28. The fourth-order valence-corrected chi connectivity index (χ4v) is 2.57. The van der Waals surface area contributed by atoms with Gasteiger partial charge in [0.25, 0.3) is 0 Å². The Morgan fingerprint density at radius 2 is 2.36 bits per heavy atom. The third-order valence-corrected chi connectivity index (χ3v) is 3.47. The molecule has 1 aliphatic heterocycles. The van der Waals surface area contributed by atoms with Crippen molar-refractivity contribution in [1.29, 1.82) is 0 Å². The fourth-order valence-electron chi connectivity index (χ4n) is 1.77. The summed E-state index contributed by atoms with van der Waals surface area (Å²) in [7, 11) is 1.98. The van der Waals surface area contributed by atoms with Gasteiger partial charge in [0.05, 0.1) is 23.9 Å². The lowest BCUT2D eigenvalue weighted by Crippen LogP contribution is -2.37. The standard InChI is InChI=1S/C8H12ClN3OS/c1-5-6(3-4-13-5)12(2)8-7(9)10-14-11-8/h5-6H,3-4H2,1-2H3. The molecule has 14 heavy (non-hydrogen) atoms. The fraction of sp³-hybridized carbons (Fsp3) is 0.750. The molecule has 0 amide bonds. The van der Waals surface area contributed by atoms with Crippen LogP contribution in [0.3, 0.4) is 0 Å². The van der Waals surface area contributed by atoms with Crippen LogP contribution in [-0.2, 0) is 4.74 Å². The van der Waals surface area contributed by atoms with Crippen molar-refractivity contribution in [3.63, 3.8) is 0 Å². The Labute approximate surface area is 92.2 Å². The maximum absolute atomic E-state index is 5.92. The van der Waals surface area contributed by atoms with Crippen molar-refractivity contribution in [3.05, 3.63) is 5.15 Å². The van der Waals surface area contributed by atoms with E-state index in [4.69, 9.17) is 16.3 Å². The number of nitrogens with zero attached hydrogens (tertiary/aromatic N) is 3. The Hall–Kier alpha value is -0.390. The molecule has 1 aliphatic rings. The Kier molecular flexibility index (Phi) is 2.90. The molecule has 2 heterocycles. The summed E-state index contributed by atoms with van der Waals surface area (Å²) in [5.41, 5.74) is 0. The van der Waals surface area contributed by atoms with E-state index in [-0.39, 0.29) is 6.10 Å². The summed E-state index contributed by atoms with van der Waals surface area (Å²) >= 11 is 7.06. The van der Waals surface area contributed by atoms with E-state index in [0.717, 1.165) is 30.6 Å². The van der Waals surface area contributed by atoms with Crippen molar-refractivity contribution in [2.24, 2.45) is 0 Å². The monoisotopic (exact) mass is 233 g/mol. The number of anilines is 1. The first-order valence-corrected chi connectivity index (χ1v) is 5.63. The first-order valence-electron chi connectivity index (χ1n) is 4.52. The third kappa shape index (κ3) is 1.71. The minimum atomic E-state index is 0.234. The minimum Gasteiger partial charge on any atom is -0.376 e. The zero-order valence-electron chi connectivity index (χ0n) is 8.11. The summed E-state index contributed by atoms with van der Waals surface area (Å²) < 4.78 is 13.6. The lowest BCUT2D eigenvalue weighted by atomic mass is 10.1. The molecule has 0 bridgehead atoms. The molecule has 2 atom stereocenters. The number of hydrogen-bond donors (Lipinski definition) is 0. The van der Waals surface area contributed by atoms with Gasteiger partial charge in [-0.2, -0.15) is 8.75 Å². The molecule has 0 aliphatic carbocycles. The molecule has 1 aromatic rings. The molecule has 78 valence electrons. The molecule has 1 saturated heterocycles. The molecule has 1 aromatic heterocycles. The number of likely N-dealkylation sites (N-methyl/N-ethyl adjacent to an activating group) is 1. The predicted octanol–water partition coefficient (Wildman–Crippen LogP) is 1.81. The molecule has 0 N–H and O–H groups in total. The van der Waals surface area contributed by atoms with Crippen LogP contribution in [-0.4, -0.2) is 34.5 Å². The van der Waals surface area contributed by atoms with Gasteiger partial charge in [0.1, 0.15) is 0 Å². The van der Waals surface area contributed by atoms with E-state index in [1.165, 1.54) is 0 Å². The van der Waals surface area contributed by atoms with Gasteiger partial charge < -0.3 is 9.64 Å². The van der Waals surface area contributed by atoms with E-state index < -0.39 is 0 Å². The van der Waals surface area contributed by atoms with Crippen LogP contribution in [0.15, 0.2) is 0 Å². The summed E-state index contributed by atoms with van der Waals surface area (Å²) in [4.78, 5) is 2.06. The molecule has 1 fully saturated rings. The van der Waals surface area contributed by atoms with E-state index >= 15 is 0 Å². The van der Waals surface area contributed by atoms with Gasteiger partial charge in [0.15, 0.2) is 11.0 Å². The first kappa shape index (κ1) is 10.1. The smallest absolute Gasteiger partial charge is 0.187 e. The number of halogens is 1. The van der Waals surface area contributed by atoms with Crippen LogP contribution in [0.1, 0.15) is 13.3 Å². The van der Waals surface area contributed by atoms with Crippen molar-refractivity contribution >= 4 is 29.1 Å². The molecular formula is C8H12ClN3OS. The van der Waals surface area contributed by atoms with Gasteiger partial charge in [-0.25, -0.2) is 0 Å². The van der Waals surface area contributed by atoms with Crippen molar-refractivity contribution < 1.29 is 4.74 Å². The predicted molar refractivity (Wildman–Crippen MR) is 57.1 cm³/mol. The van der Waals surface area contributed by atoms with Crippen molar-refractivity contribution in [2.75, 3.05) is 18.6 Å². The van der Waals surface area contributed by atoms with E-state index in [0.29, 0.717) is 11.2 Å². The van der Waals surface area contributed by atoms with Crippen molar-refractivity contribution in [1.82, 2.24) is 8.75 Å². The molecule has 4 nitrogen and oxygen atoms in total. The quantitative estimate of drug-likeness (QED) is 0.781.